The van der Waals surface area contributed by atoms with Crippen LogP contribution in [-0.2, 0) is 33.3 Å². The molecule has 85 heavy (non-hydrogen) atoms. The van der Waals surface area contributed by atoms with Gasteiger partial charge >= 0.3 is 17.9 Å². The summed E-state index contributed by atoms with van der Waals surface area (Å²) < 4.78 is 23.0. The molecular weight excluding hydrogens is 1050 g/mol. The van der Waals surface area contributed by atoms with Crippen LogP contribution in [0.2, 0.25) is 0 Å². The lowest BCUT2D eigenvalue weighted by Gasteiger charge is -2.25. The lowest BCUT2D eigenvalue weighted by Crippen LogP contribution is -2.40. The minimum Gasteiger partial charge on any atom is -0.477 e. The third-order valence-corrected chi connectivity index (χ3v) is 15.9. The molecule has 494 valence electrons. The minimum atomic E-state index is -1.51. The maximum Gasteiger partial charge on any atom is 0.361 e. The van der Waals surface area contributed by atoms with Gasteiger partial charge in [-0.2, -0.15) is 0 Å². The molecule has 2 atom stereocenters. The Morgan fingerprint density at radius 1 is 0.365 bits per heavy atom. The molecule has 0 saturated heterocycles. The summed E-state index contributed by atoms with van der Waals surface area (Å²) in [5.41, 5.74) is 0. The van der Waals surface area contributed by atoms with E-state index in [9.17, 15) is 19.5 Å². The first kappa shape index (κ1) is 81.7. The topological polar surface area (TPSA) is 108 Å². The van der Waals surface area contributed by atoms with Gasteiger partial charge in [0.1, 0.15) is 13.2 Å². The molecule has 0 aliphatic carbocycles. The van der Waals surface area contributed by atoms with E-state index >= 15 is 0 Å². The molecule has 0 heterocycles. The molecule has 0 saturated carbocycles. The predicted octanol–water partition coefficient (Wildman–Crippen LogP) is 22.5. The minimum absolute atomic E-state index is 0.180. The fourth-order valence-electron chi connectivity index (χ4n) is 10.5. The third kappa shape index (κ3) is 68.1. The molecule has 9 heteroatoms. The van der Waals surface area contributed by atoms with Crippen molar-refractivity contribution in [3.63, 3.8) is 0 Å². The molecule has 0 rings (SSSR count). The fourth-order valence-corrected chi connectivity index (χ4v) is 10.5. The summed E-state index contributed by atoms with van der Waals surface area (Å²) in [6, 6.07) is 0. The number of carbonyl (C=O) groups excluding carboxylic acids is 2. The number of carboxylic acid groups (broad SMARTS) is 1. The van der Waals surface area contributed by atoms with Gasteiger partial charge in [-0.1, -0.05) is 311 Å². The molecule has 0 bridgehead atoms. The lowest BCUT2D eigenvalue weighted by molar-refractivity contribution is -0.870. The summed E-state index contributed by atoms with van der Waals surface area (Å²) in [6.45, 7) is 4.81. The first-order valence-corrected chi connectivity index (χ1v) is 36.1. The van der Waals surface area contributed by atoms with Crippen LogP contribution in [-0.4, -0.2) is 87.4 Å². The predicted molar refractivity (Wildman–Crippen MR) is 364 cm³/mol. The Labute approximate surface area is 526 Å². The Kier molecular flexibility index (Phi) is 64.1. The normalized spacial score (nSPS) is 13.1. The first-order chi connectivity index (χ1) is 41.6. The molecule has 0 aliphatic heterocycles. The molecule has 0 radical (unpaired) electrons. The number of unbranched alkanes of at least 4 members (excludes halogenated alkanes) is 40. The van der Waals surface area contributed by atoms with Crippen LogP contribution in [0.4, 0.5) is 0 Å². The highest BCUT2D eigenvalue weighted by Gasteiger charge is 2.25. The monoisotopic (exact) mass is 1190 g/mol. The van der Waals surface area contributed by atoms with E-state index in [4.69, 9.17) is 18.9 Å². The average Bonchev–Trinajstić information content (AvgIpc) is 3.49. The zero-order chi connectivity index (χ0) is 61.9. The van der Waals surface area contributed by atoms with Crippen LogP contribution in [0, 0.1) is 0 Å². The second-order valence-corrected chi connectivity index (χ2v) is 25.5. The number of nitrogens with zero attached hydrogens (tertiary/aromatic N) is 1. The van der Waals surface area contributed by atoms with E-state index in [1.54, 1.807) is 0 Å². The van der Waals surface area contributed by atoms with Crippen molar-refractivity contribution >= 4 is 17.9 Å². The number of rotatable bonds is 67. The number of quaternary nitrogens is 1. The van der Waals surface area contributed by atoms with Gasteiger partial charge in [-0.05, 0) is 83.5 Å². The standard InChI is InChI=1S/C76H137NO8/c1-6-8-10-12-14-16-18-20-22-24-26-28-30-32-34-35-36-37-38-39-41-43-45-47-49-51-53-55-57-59-61-63-65-67-74(79)85-72(71-84-76(75(80)81)82-69-68-77(3,4)5)70-83-73(78)66-64-62-60-58-56-54-52-50-48-46-44-42-40-33-31-29-27-25-23-21-19-17-15-13-11-9-7-2/h8,10,14,16,20,22,25-28,32,34,72,76H,6-7,9,11-13,15,17-19,21,23-24,29-31,33,35-71H2,1-5H3/p+1/b10-8-,16-14-,22-20-,27-25-,28-26-,34-32-. The van der Waals surface area contributed by atoms with Crippen LogP contribution in [0.1, 0.15) is 335 Å². The molecular formula is C76H138NO8+. The molecule has 0 fully saturated rings. The molecule has 0 amide bonds. The Hall–Kier alpha value is -3.27. The zero-order valence-electron chi connectivity index (χ0n) is 56.5. The maximum absolute atomic E-state index is 13.0. The highest BCUT2D eigenvalue weighted by atomic mass is 16.7. The molecule has 9 nitrogen and oxygen atoms in total. The summed E-state index contributed by atoms with van der Waals surface area (Å²) in [4.78, 5) is 37.7. The van der Waals surface area contributed by atoms with Crippen molar-refractivity contribution in [2.24, 2.45) is 0 Å². The first-order valence-electron chi connectivity index (χ1n) is 36.1. The Balaban J connectivity index is 4.07. The summed E-state index contributed by atoms with van der Waals surface area (Å²) in [6.07, 6.45) is 85.9. The van der Waals surface area contributed by atoms with Crippen LogP contribution in [0.15, 0.2) is 72.9 Å². The van der Waals surface area contributed by atoms with E-state index in [1.807, 2.05) is 21.1 Å². The van der Waals surface area contributed by atoms with Gasteiger partial charge in [-0.25, -0.2) is 4.79 Å². The summed E-state index contributed by atoms with van der Waals surface area (Å²) >= 11 is 0. The van der Waals surface area contributed by atoms with E-state index in [1.165, 1.54) is 238 Å². The maximum atomic E-state index is 13.0. The molecule has 0 spiro atoms. The summed E-state index contributed by atoms with van der Waals surface area (Å²) in [5.74, 6) is -1.98. The molecule has 0 aliphatic rings. The van der Waals surface area contributed by atoms with Crippen LogP contribution >= 0.6 is 0 Å². The molecule has 1 N–H and O–H groups in total. The van der Waals surface area contributed by atoms with Crippen molar-refractivity contribution in [1.29, 1.82) is 0 Å². The van der Waals surface area contributed by atoms with Crippen LogP contribution in [0.5, 0.6) is 0 Å². The van der Waals surface area contributed by atoms with Crippen LogP contribution in [0.25, 0.3) is 0 Å². The van der Waals surface area contributed by atoms with Crippen molar-refractivity contribution in [2.75, 3.05) is 47.5 Å². The van der Waals surface area contributed by atoms with Crippen molar-refractivity contribution in [3.05, 3.63) is 72.9 Å². The second-order valence-electron chi connectivity index (χ2n) is 25.5. The van der Waals surface area contributed by atoms with Crippen LogP contribution < -0.4 is 0 Å². The van der Waals surface area contributed by atoms with Crippen molar-refractivity contribution < 1.29 is 42.9 Å². The average molecular weight is 1190 g/mol. The fraction of sp³-hybridized carbons (Fsp3) is 0.803. The van der Waals surface area contributed by atoms with E-state index in [0.29, 0.717) is 17.4 Å². The largest absolute Gasteiger partial charge is 0.477 e. The van der Waals surface area contributed by atoms with E-state index in [-0.39, 0.29) is 38.2 Å². The molecule has 0 aromatic carbocycles. The van der Waals surface area contributed by atoms with Gasteiger partial charge < -0.3 is 28.5 Å². The van der Waals surface area contributed by atoms with Crippen molar-refractivity contribution in [2.45, 2.75) is 347 Å². The number of likely N-dealkylation sites (N-methyl/N-ethyl adjacent to an activating group) is 1. The van der Waals surface area contributed by atoms with Gasteiger partial charge in [0.15, 0.2) is 6.10 Å². The van der Waals surface area contributed by atoms with Crippen molar-refractivity contribution in [3.8, 4) is 0 Å². The Bertz CT molecular complexity index is 1620. The van der Waals surface area contributed by atoms with Crippen LogP contribution in [0.3, 0.4) is 0 Å². The molecule has 2 unspecified atom stereocenters. The number of carboxylic acids is 1. The Morgan fingerprint density at radius 3 is 1.01 bits per heavy atom. The number of hydrogen-bond donors (Lipinski definition) is 1. The smallest absolute Gasteiger partial charge is 0.361 e. The van der Waals surface area contributed by atoms with Crippen molar-refractivity contribution in [1.82, 2.24) is 0 Å². The number of allylic oxidation sites excluding steroid dienone is 12. The van der Waals surface area contributed by atoms with Gasteiger partial charge in [0.2, 0.25) is 0 Å². The molecule has 0 aromatic rings. The summed E-state index contributed by atoms with van der Waals surface area (Å²) in [5, 5.41) is 9.75. The van der Waals surface area contributed by atoms with E-state index in [2.05, 4.69) is 86.8 Å². The van der Waals surface area contributed by atoms with E-state index < -0.39 is 18.4 Å². The third-order valence-electron chi connectivity index (χ3n) is 15.9. The van der Waals surface area contributed by atoms with E-state index in [0.717, 1.165) is 70.6 Å². The Morgan fingerprint density at radius 2 is 0.671 bits per heavy atom. The van der Waals surface area contributed by atoms with Gasteiger partial charge in [-0.15, -0.1) is 0 Å². The van der Waals surface area contributed by atoms with Gasteiger partial charge in [0, 0.05) is 12.8 Å². The number of carbonyl (C=O) groups is 3. The zero-order valence-corrected chi connectivity index (χ0v) is 56.5. The number of hydrogen-bond acceptors (Lipinski definition) is 7. The van der Waals surface area contributed by atoms with Gasteiger partial charge in [-0.3, -0.25) is 9.59 Å². The summed E-state index contributed by atoms with van der Waals surface area (Å²) in [7, 11) is 5.99. The highest BCUT2D eigenvalue weighted by molar-refractivity contribution is 5.71. The number of esters is 2. The van der Waals surface area contributed by atoms with Gasteiger partial charge in [0.25, 0.3) is 6.29 Å². The highest BCUT2D eigenvalue weighted by Crippen LogP contribution is 2.18. The second kappa shape index (κ2) is 66.7. The quantitative estimate of drug-likeness (QED) is 0.0211. The molecule has 0 aromatic heterocycles. The lowest BCUT2D eigenvalue weighted by atomic mass is 10.0. The SMILES string of the molecule is CC/C=C\C/C=C\C/C=C\C/C=C\C/C=C\CCCCCCCCCCCCCCCCCCCC(=O)OC(COC(=O)CCCCCCCCCCCCCCCCC/C=C\CCCCCCCCCC)COC(OCC[N+](C)(C)C)C(=O)O. The number of aliphatic carboxylic acids is 1. The van der Waals surface area contributed by atoms with Gasteiger partial charge in [0.05, 0.1) is 34.4 Å². The number of ether oxygens (including phenoxy) is 4.